The maximum atomic E-state index is 8.95. The van der Waals surface area contributed by atoms with E-state index in [1.54, 1.807) is 12.1 Å². The number of anilines is 2. The molecule has 1 heterocycles. The van der Waals surface area contributed by atoms with Gasteiger partial charge in [-0.25, -0.2) is 4.71 Å². The molecular formula is C19H21AuN3O2S2-2. The Labute approximate surface area is 186 Å². The van der Waals surface area contributed by atoms with Crippen molar-refractivity contribution < 1.29 is 32.8 Å². The summed E-state index contributed by atoms with van der Waals surface area (Å²) in [5.74, 6) is 0. The summed E-state index contributed by atoms with van der Waals surface area (Å²) in [4.78, 5) is 4.50. The molecule has 0 aromatic heterocycles. The average Bonchev–Trinajstić information content (AvgIpc) is 2.67. The van der Waals surface area contributed by atoms with Crippen LogP contribution in [0, 0.1) is 0 Å². The summed E-state index contributed by atoms with van der Waals surface area (Å²) in [5, 5.41) is 18.0. The third kappa shape index (κ3) is 6.30. The molecule has 2 N–H and O–H groups in total. The van der Waals surface area contributed by atoms with E-state index in [-0.39, 0.29) is 32.3 Å². The zero-order valence-corrected chi connectivity index (χ0v) is 18.3. The van der Waals surface area contributed by atoms with E-state index in [0.29, 0.717) is 5.69 Å². The Hall–Kier alpha value is -0.900. The number of piperazine rings is 1. The van der Waals surface area contributed by atoms with E-state index in [0.717, 1.165) is 37.3 Å². The van der Waals surface area contributed by atoms with Crippen LogP contribution in [0.3, 0.4) is 0 Å². The second-order valence-corrected chi connectivity index (χ2v) is 7.33. The van der Waals surface area contributed by atoms with Gasteiger partial charge in [-0.1, -0.05) is 36.4 Å². The molecule has 27 heavy (non-hydrogen) atoms. The molecule has 0 aliphatic carbocycles. The van der Waals surface area contributed by atoms with E-state index in [1.165, 1.54) is 5.69 Å². The summed E-state index contributed by atoms with van der Waals surface area (Å²) < 4.78 is -0.212. The first-order valence-corrected chi connectivity index (χ1v) is 9.34. The Morgan fingerprint density at radius 2 is 1.30 bits per heavy atom. The van der Waals surface area contributed by atoms with Gasteiger partial charge in [-0.3, -0.25) is 10.4 Å². The van der Waals surface area contributed by atoms with Crippen LogP contribution in [0.25, 0.3) is 12.2 Å². The molecule has 2 aromatic rings. The molecule has 1 saturated heterocycles. The van der Waals surface area contributed by atoms with Crippen molar-refractivity contribution in [1.82, 2.24) is 4.90 Å². The maximum Gasteiger partial charge on any atom is 0.0943 e. The van der Waals surface area contributed by atoms with Gasteiger partial charge in [0.05, 0.1) is 5.69 Å². The van der Waals surface area contributed by atoms with Gasteiger partial charge >= 0.3 is 0 Å². The fourth-order valence-corrected chi connectivity index (χ4v) is 3.32. The van der Waals surface area contributed by atoms with Crippen molar-refractivity contribution in [2.24, 2.45) is 0 Å². The Morgan fingerprint density at radius 1 is 0.815 bits per heavy atom. The molecular weight excluding hydrogens is 563 g/mol. The minimum atomic E-state index is -0.212. The Bertz CT molecular complexity index is 732. The minimum Gasteiger partial charge on any atom is -0.800 e. The Kier molecular flexibility index (Phi) is 8.78. The number of nitrogens with zero attached hydrogens (tertiary/aromatic N) is 3. The van der Waals surface area contributed by atoms with Crippen molar-refractivity contribution in [2.75, 3.05) is 36.3 Å². The van der Waals surface area contributed by atoms with Crippen LogP contribution in [0.2, 0.25) is 0 Å². The molecule has 0 atom stereocenters. The van der Waals surface area contributed by atoms with Crippen LogP contribution >= 0.6 is 0 Å². The molecule has 1 aliphatic heterocycles. The van der Waals surface area contributed by atoms with Gasteiger partial charge in [0.25, 0.3) is 0 Å². The van der Waals surface area contributed by atoms with Gasteiger partial charge in [0, 0.05) is 54.2 Å². The third-order valence-corrected chi connectivity index (χ3v) is 5.06. The van der Waals surface area contributed by atoms with E-state index >= 15 is 0 Å². The number of hydrogen-bond acceptors (Lipinski definition) is 7. The molecule has 0 bridgehead atoms. The minimum absolute atomic E-state index is 0. The largest absolute Gasteiger partial charge is 0.800 e. The number of benzene rings is 2. The van der Waals surface area contributed by atoms with Gasteiger partial charge in [0.15, 0.2) is 0 Å². The molecule has 3 rings (SSSR count). The summed E-state index contributed by atoms with van der Waals surface area (Å²) >= 11 is 10.3. The third-order valence-electron chi connectivity index (χ3n) is 4.46. The molecule has 1 aliphatic rings. The van der Waals surface area contributed by atoms with Gasteiger partial charge in [-0.05, 0) is 35.4 Å². The average molecular weight is 584 g/mol. The topological polar surface area (TPSA) is 50.2 Å². The van der Waals surface area contributed by atoms with Crippen LogP contribution in [-0.2, 0) is 47.6 Å². The quantitative estimate of drug-likeness (QED) is 0.243. The first-order chi connectivity index (χ1) is 12.5. The van der Waals surface area contributed by atoms with Crippen molar-refractivity contribution in [1.29, 1.82) is 0 Å². The molecule has 8 heteroatoms. The van der Waals surface area contributed by atoms with Gasteiger partial charge in [0.2, 0.25) is 0 Å². The molecule has 1 radical (unpaired) electrons. The molecule has 0 saturated carbocycles. The number of hydrogen-bond donors (Lipinski definition) is 2. The van der Waals surface area contributed by atoms with Crippen LogP contribution in [0.5, 0.6) is 0 Å². The van der Waals surface area contributed by atoms with E-state index in [1.807, 2.05) is 24.3 Å². The summed E-state index contributed by atoms with van der Waals surface area (Å²) in [7, 11) is 0. The summed E-state index contributed by atoms with van der Waals surface area (Å²) in [6.07, 6.45) is 4.02. The predicted molar refractivity (Wildman–Crippen MR) is 110 cm³/mol. The van der Waals surface area contributed by atoms with Gasteiger partial charge in [-0.2, -0.15) is 0 Å². The monoisotopic (exact) mass is 584 g/mol. The van der Waals surface area contributed by atoms with Crippen molar-refractivity contribution in [3.05, 3.63) is 59.7 Å². The molecule has 1 fully saturated rings. The Morgan fingerprint density at radius 3 is 1.74 bits per heavy atom. The molecule has 0 spiro atoms. The van der Waals surface area contributed by atoms with E-state index in [9.17, 15) is 0 Å². The van der Waals surface area contributed by atoms with E-state index in [4.69, 9.17) is 35.7 Å². The fourth-order valence-electron chi connectivity index (χ4n) is 2.90. The summed E-state index contributed by atoms with van der Waals surface area (Å²) in [5.41, 5.74) is 3.63. The first kappa shape index (κ1) is 22.4. The second kappa shape index (κ2) is 10.6. The summed E-state index contributed by atoms with van der Waals surface area (Å²) in [6.45, 7) is 3.71. The fraction of sp³-hybridized carbons (Fsp3) is 0.263. The van der Waals surface area contributed by atoms with Crippen LogP contribution in [0.4, 0.5) is 11.4 Å². The van der Waals surface area contributed by atoms with Crippen LogP contribution in [0.15, 0.2) is 48.5 Å². The van der Waals surface area contributed by atoms with Crippen molar-refractivity contribution in [3.8, 4) is 0 Å². The van der Waals surface area contributed by atoms with Crippen molar-refractivity contribution in [2.45, 2.75) is 4.71 Å². The molecule has 2 aromatic carbocycles. The predicted octanol–water partition coefficient (Wildman–Crippen LogP) is 2.94. The van der Waals surface area contributed by atoms with E-state index < -0.39 is 0 Å². The van der Waals surface area contributed by atoms with Gasteiger partial charge in [0.1, 0.15) is 0 Å². The SMILES string of the molecule is ON(O)c1ccc(/C=C/c2ccc(N3CCN(C([S-])[S-])CC3)cc2)cc1.[Au]. The number of rotatable bonds is 5. The standard InChI is InChI=1S/C19H23N3O2S2.Au/c23-22(24)18-9-5-16(6-10-18)2-1-15-3-7-17(8-4-15)20-11-13-21(14-12-20)19(25)26;/h1-10,19,23-26H,11-14H2;/p-2/b2-1+;. The van der Waals surface area contributed by atoms with Crippen molar-refractivity contribution >= 4 is 48.8 Å². The van der Waals surface area contributed by atoms with Crippen molar-refractivity contribution in [3.63, 3.8) is 0 Å². The normalized spacial score (nSPS) is 15.2. The molecule has 0 amide bonds. The van der Waals surface area contributed by atoms with Gasteiger partial charge < -0.3 is 35.1 Å². The van der Waals surface area contributed by atoms with Crippen LogP contribution in [0.1, 0.15) is 11.1 Å². The van der Waals surface area contributed by atoms with Crippen LogP contribution < -0.4 is 10.1 Å². The zero-order valence-electron chi connectivity index (χ0n) is 14.5. The van der Waals surface area contributed by atoms with Gasteiger partial charge in [-0.15, -0.1) is 5.23 Å². The maximum absolute atomic E-state index is 8.95. The molecule has 5 nitrogen and oxygen atoms in total. The molecule has 0 unspecified atom stereocenters. The van der Waals surface area contributed by atoms with E-state index in [2.05, 4.69) is 34.1 Å². The Balaban J connectivity index is 0.00000261. The zero-order chi connectivity index (χ0) is 18.5. The first-order valence-electron chi connectivity index (χ1n) is 8.40. The smallest absolute Gasteiger partial charge is 0.0943 e. The summed E-state index contributed by atoms with van der Waals surface area (Å²) in [6, 6.07) is 15.4. The second-order valence-electron chi connectivity index (χ2n) is 6.14. The van der Waals surface area contributed by atoms with Crippen LogP contribution in [-0.4, -0.2) is 46.2 Å². The molecule has 149 valence electrons.